The number of piperazine rings is 1. The summed E-state index contributed by atoms with van der Waals surface area (Å²) in [6.07, 6.45) is 0.307. The van der Waals surface area contributed by atoms with Crippen molar-refractivity contribution in [3.8, 4) is 0 Å². The van der Waals surface area contributed by atoms with E-state index in [0.29, 0.717) is 18.7 Å². The van der Waals surface area contributed by atoms with Gasteiger partial charge in [-0.1, -0.05) is 24.3 Å². The monoisotopic (exact) mass is 392 g/mol. The number of carbonyl (C=O) groups excluding carboxylic acids is 2. The molecule has 2 aliphatic heterocycles. The highest BCUT2D eigenvalue weighted by Crippen LogP contribution is 2.31. The van der Waals surface area contributed by atoms with Crippen LogP contribution in [0.3, 0.4) is 0 Å². The summed E-state index contributed by atoms with van der Waals surface area (Å²) >= 11 is 0. The fourth-order valence-electron chi connectivity index (χ4n) is 4.22. The lowest BCUT2D eigenvalue weighted by molar-refractivity contribution is -0.120. The zero-order valence-corrected chi connectivity index (χ0v) is 17.1. The number of fused-ring (bicyclic) bond motifs is 1. The number of hydrogen-bond donors (Lipinski definition) is 1. The molecule has 2 heterocycles. The van der Waals surface area contributed by atoms with Gasteiger partial charge in [0.25, 0.3) is 0 Å². The lowest BCUT2D eigenvalue weighted by atomic mass is 10.1. The second-order valence-corrected chi connectivity index (χ2v) is 7.98. The van der Waals surface area contributed by atoms with E-state index in [1.165, 1.54) is 11.3 Å². The second kappa shape index (κ2) is 8.25. The molecule has 1 fully saturated rings. The molecule has 2 aromatic carbocycles. The number of amides is 2. The summed E-state index contributed by atoms with van der Waals surface area (Å²) in [5, 5.41) is 2.92. The third kappa shape index (κ3) is 4.27. The van der Waals surface area contributed by atoms with Crippen LogP contribution in [-0.4, -0.2) is 55.5 Å². The highest BCUT2D eigenvalue weighted by molar-refractivity contribution is 6.04. The minimum Gasteiger partial charge on any atom is -0.369 e. The van der Waals surface area contributed by atoms with Gasteiger partial charge in [-0.2, -0.15) is 0 Å². The van der Waals surface area contributed by atoms with E-state index < -0.39 is 0 Å². The highest BCUT2D eigenvalue weighted by Gasteiger charge is 2.31. The van der Waals surface area contributed by atoms with Gasteiger partial charge in [-0.3, -0.25) is 14.5 Å². The smallest absolute Gasteiger partial charge is 0.241 e. The Hall–Kier alpha value is -2.86. The van der Waals surface area contributed by atoms with Crippen LogP contribution < -0.4 is 15.1 Å². The van der Waals surface area contributed by atoms with Crippen molar-refractivity contribution in [2.24, 2.45) is 0 Å². The molecule has 6 nitrogen and oxygen atoms in total. The molecule has 2 amide bonds. The summed E-state index contributed by atoms with van der Waals surface area (Å²) in [7, 11) is 0. The maximum Gasteiger partial charge on any atom is 0.241 e. The van der Waals surface area contributed by atoms with Crippen LogP contribution >= 0.6 is 0 Å². The number of rotatable bonds is 3. The molecule has 2 aliphatic rings. The molecule has 1 unspecified atom stereocenters. The van der Waals surface area contributed by atoms with Crippen molar-refractivity contribution in [1.82, 2.24) is 4.90 Å². The fourth-order valence-corrected chi connectivity index (χ4v) is 4.22. The zero-order chi connectivity index (χ0) is 20.4. The largest absolute Gasteiger partial charge is 0.369 e. The van der Waals surface area contributed by atoms with Gasteiger partial charge >= 0.3 is 0 Å². The predicted molar refractivity (Wildman–Crippen MR) is 116 cm³/mol. The van der Waals surface area contributed by atoms with Crippen LogP contribution in [0, 0.1) is 6.92 Å². The summed E-state index contributed by atoms with van der Waals surface area (Å²) < 4.78 is 0. The van der Waals surface area contributed by atoms with Crippen molar-refractivity contribution in [1.29, 1.82) is 0 Å². The van der Waals surface area contributed by atoms with Gasteiger partial charge in [0.15, 0.2) is 0 Å². The Morgan fingerprint density at radius 1 is 1.07 bits per heavy atom. The topological polar surface area (TPSA) is 55.9 Å². The van der Waals surface area contributed by atoms with E-state index in [1.807, 2.05) is 31.2 Å². The van der Waals surface area contributed by atoms with Crippen LogP contribution in [-0.2, 0) is 9.59 Å². The average Bonchev–Trinajstić information content (AvgIpc) is 2.82. The summed E-state index contributed by atoms with van der Waals surface area (Å²) in [5.74, 6) is -0.00234. The fraction of sp³-hybridized carbons (Fsp3) is 0.391. The maximum atomic E-state index is 13.2. The van der Waals surface area contributed by atoms with Crippen LogP contribution in [0.2, 0.25) is 0 Å². The van der Waals surface area contributed by atoms with Crippen LogP contribution in [0.4, 0.5) is 17.1 Å². The lowest BCUT2D eigenvalue weighted by Crippen LogP contribution is -2.51. The number of hydrogen-bond acceptors (Lipinski definition) is 4. The van der Waals surface area contributed by atoms with E-state index in [9.17, 15) is 9.59 Å². The van der Waals surface area contributed by atoms with Crippen molar-refractivity contribution in [3.63, 3.8) is 0 Å². The van der Waals surface area contributed by atoms with Crippen molar-refractivity contribution in [3.05, 3.63) is 54.1 Å². The Morgan fingerprint density at radius 2 is 1.83 bits per heavy atom. The summed E-state index contributed by atoms with van der Waals surface area (Å²) in [4.78, 5) is 31.8. The van der Waals surface area contributed by atoms with Gasteiger partial charge in [-0.15, -0.1) is 0 Å². The van der Waals surface area contributed by atoms with Gasteiger partial charge in [-0.25, -0.2) is 0 Å². The number of nitrogens with zero attached hydrogens (tertiary/aromatic N) is 3. The third-order valence-electron chi connectivity index (χ3n) is 5.73. The molecular formula is C23H28N4O2. The number of anilines is 3. The first-order chi connectivity index (χ1) is 14.0. The molecule has 0 bridgehead atoms. The van der Waals surface area contributed by atoms with Crippen LogP contribution in [0.1, 0.15) is 18.9 Å². The van der Waals surface area contributed by atoms with Gasteiger partial charge in [-0.05, 0) is 43.7 Å². The molecule has 1 atom stereocenters. The number of nitrogens with one attached hydrogen (secondary N) is 1. The Kier molecular flexibility index (Phi) is 5.53. The first-order valence-corrected chi connectivity index (χ1v) is 10.3. The van der Waals surface area contributed by atoms with E-state index in [4.69, 9.17) is 0 Å². The first-order valence-electron chi connectivity index (χ1n) is 10.3. The second-order valence-electron chi connectivity index (χ2n) is 7.98. The van der Waals surface area contributed by atoms with Crippen molar-refractivity contribution >= 4 is 28.9 Å². The molecule has 0 radical (unpaired) electrons. The van der Waals surface area contributed by atoms with Gasteiger partial charge in [0.05, 0.1) is 17.9 Å². The third-order valence-corrected chi connectivity index (χ3v) is 5.73. The van der Waals surface area contributed by atoms with Crippen LogP contribution in [0.15, 0.2) is 48.5 Å². The predicted octanol–water partition coefficient (Wildman–Crippen LogP) is 2.88. The van der Waals surface area contributed by atoms with E-state index in [1.54, 1.807) is 4.90 Å². The normalized spacial score (nSPS) is 20.1. The molecule has 0 aromatic heterocycles. The molecule has 0 saturated carbocycles. The maximum absolute atomic E-state index is 13.2. The molecular weight excluding hydrogens is 364 g/mol. The van der Waals surface area contributed by atoms with Crippen molar-refractivity contribution in [2.45, 2.75) is 26.3 Å². The Balaban J connectivity index is 1.43. The molecule has 29 heavy (non-hydrogen) atoms. The van der Waals surface area contributed by atoms with Crippen molar-refractivity contribution < 1.29 is 9.59 Å². The number of benzene rings is 2. The minimum absolute atomic E-state index is 0.0467. The molecule has 0 spiro atoms. The van der Waals surface area contributed by atoms with E-state index in [0.717, 1.165) is 31.9 Å². The molecule has 2 aromatic rings. The van der Waals surface area contributed by atoms with Gasteiger partial charge in [0, 0.05) is 44.3 Å². The van der Waals surface area contributed by atoms with Crippen LogP contribution in [0.5, 0.6) is 0 Å². The van der Waals surface area contributed by atoms with Gasteiger partial charge < -0.3 is 15.1 Å². The molecule has 152 valence electrons. The minimum atomic E-state index is -0.167. The standard InChI is InChI=1S/C23H28N4O2/c1-17-6-5-7-19(14-17)26-12-10-25(11-13-26)16-23(29)27-18(2)15-22(28)24-20-8-3-4-9-21(20)27/h3-9,14,18H,10-13,15-16H2,1-2H3,(H,24,28). The molecule has 1 N–H and O–H groups in total. The summed E-state index contributed by atoms with van der Waals surface area (Å²) in [6, 6.07) is 15.9. The SMILES string of the molecule is Cc1cccc(N2CCN(CC(=O)N3c4ccccc4NC(=O)CC3C)CC2)c1. The van der Waals surface area contributed by atoms with E-state index >= 15 is 0 Å². The van der Waals surface area contributed by atoms with Crippen molar-refractivity contribution in [2.75, 3.05) is 47.8 Å². The number of carbonyl (C=O) groups is 2. The van der Waals surface area contributed by atoms with E-state index in [-0.39, 0.29) is 17.9 Å². The van der Waals surface area contributed by atoms with E-state index in [2.05, 4.69) is 46.3 Å². The highest BCUT2D eigenvalue weighted by atomic mass is 16.2. The summed E-state index contributed by atoms with van der Waals surface area (Å²) in [5.41, 5.74) is 4.00. The Labute approximate surface area is 172 Å². The number of para-hydroxylation sites is 2. The average molecular weight is 393 g/mol. The molecule has 1 saturated heterocycles. The quantitative estimate of drug-likeness (QED) is 0.873. The lowest BCUT2D eigenvalue weighted by Gasteiger charge is -2.37. The summed E-state index contributed by atoms with van der Waals surface area (Å²) in [6.45, 7) is 7.93. The number of aryl methyl sites for hydroxylation is 1. The zero-order valence-electron chi connectivity index (χ0n) is 17.1. The molecule has 6 heteroatoms. The van der Waals surface area contributed by atoms with Crippen LogP contribution in [0.25, 0.3) is 0 Å². The Morgan fingerprint density at radius 3 is 2.59 bits per heavy atom. The molecule has 4 rings (SSSR count). The molecule has 0 aliphatic carbocycles. The first kappa shape index (κ1) is 19.5. The van der Waals surface area contributed by atoms with Gasteiger partial charge in [0.2, 0.25) is 11.8 Å². The Bertz CT molecular complexity index is 905. The van der Waals surface area contributed by atoms with Gasteiger partial charge in [0.1, 0.15) is 0 Å².